The summed E-state index contributed by atoms with van der Waals surface area (Å²) in [6, 6.07) is 3.65. The van der Waals surface area contributed by atoms with Crippen LogP contribution < -0.4 is 5.32 Å². The molecule has 0 atom stereocenters. The molecule has 2 heterocycles. The minimum absolute atomic E-state index is 0.455. The molecule has 2 rings (SSSR count). The van der Waals surface area contributed by atoms with Crippen LogP contribution in [0.2, 0.25) is 0 Å². The molecular weight excluding hydrogens is 230 g/mol. The number of amides is 1. The van der Waals surface area contributed by atoms with Crippen molar-refractivity contribution in [3.05, 3.63) is 30.1 Å². The lowest BCUT2D eigenvalue weighted by atomic mass is 10.2. The first kappa shape index (κ1) is 12.4. The molecule has 0 aliphatic rings. The smallest absolute Gasteiger partial charge is 0.412 e. The van der Waals surface area contributed by atoms with E-state index >= 15 is 0 Å². The predicted octanol–water partition coefficient (Wildman–Crippen LogP) is 2.99. The van der Waals surface area contributed by atoms with E-state index in [-0.39, 0.29) is 0 Å². The van der Waals surface area contributed by atoms with E-state index in [1.165, 1.54) is 0 Å². The van der Waals surface area contributed by atoms with Crippen LogP contribution in [0.5, 0.6) is 0 Å². The molecule has 0 saturated heterocycles. The molecule has 0 aliphatic carbocycles. The van der Waals surface area contributed by atoms with Crippen molar-refractivity contribution in [1.82, 2.24) is 9.61 Å². The van der Waals surface area contributed by atoms with E-state index < -0.39 is 11.7 Å². The van der Waals surface area contributed by atoms with E-state index in [1.807, 2.05) is 33.8 Å². The lowest BCUT2D eigenvalue weighted by Crippen LogP contribution is -2.27. The van der Waals surface area contributed by atoms with Gasteiger partial charge in [-0.15, -0.1) is 0 Å². The largest absolute Gasteiger partial charge is 0.444 e. The van der Waals surface area contributed by atoms with Gasteiger partial charge in [-0.2, -0.15) is 5.10 Å². The first-order valence-electron chi connectivity index (χ1n) is 5.79. The number of hydrogen-bond acceptors (Lipinski definition) is 3. The summed E-state index contributed by atoms with van der Waals surface area (Å²) in [5, 5.41) is 6.88. The van der Waals surface area contributed by atoms with Crippen LogP contribution >= 0.6 is 0 Å². The van der Waals surface area contributed by atoms with Crippen LogP contribution in [0.25, 0.3) is 5.52 Å². The number of carbonyl (C=O) groups is 1. The average molecular weight is 247 g/mol. The van der Waals surface area contributed by atoms with Crippen LogP contribution in [0.15, 0.2) is 24.5 Å². The number of aromatic nitrogens is 2. The maximum Gasteiger partial charge on any atom is 0.412 e. The van der Waals surface area contributed by atoms with Gasteiger partial charge in [0.25, 0.3) is 0 Å². The van der Waals surface area contributed by atoms with Crippen molar-refractivity contribution in [2.24, 2.45) is 0 Å². The van der Waals surface area contributed by atoms with E-state index in [0.29, 0.717) is 5.69 Å². The van der Waals surface area contributed by atoms with Gasteiger partial charge in [0.15, 0.2) is 0 Å². The molecular formula is C13H17N3O2. The van der Waals surface area contributed by atoms with Gasteiger partial charge in [-0.3, -0.25) is 5.32 Å². The van der Waals surface area contributed by atoms with Crippen LogP contribution in [0, 0.1) is 6.92 Å². The molecule has 0 unspecified atom stereocenters. The van der Waals surface area contributed by atoms with Crippen molar-refractivity contribution in [1.29, 1.82) is 0 Å². The summed E-state index contributed by atoms with van der Waals surface area (Å²) in [7, 11) is 0. The van der Waals surface area contributed by atoms with Gasteiger partial charge in [0.1, 0.15) is 5.60 Å². The topological polar surface area (TPSA) is 55.6 Å². The molecule has 1 amide bonds. The fourth-order valence-electron chi connectivity index (χ4n) is 1.60. The Morgan fingerprint density at radius 3 is 2.83 bits per heavy atom. The second-order valence-electron chi connectivity index (χ2n) is 5.20. The third kappa shape index (κ3) is 2.80. The Labute approximate surface area is 106 Å². The van der Waals surface area contributed by atoms with Crippen molar-refractivity contribution >= 4 is 17.3 Å². The fourth-order valence-corrected chi connectivity index (χ4v) is 1.60. The Morgan fingerprint density at radius 1 is 1.44 bits per heavy atom. The number of nitrogens with one attached hydrogen (secondary N) is 1. The molecule has 0 saturated carbocycles. The summed E-state index contributed by atoms with van der Waals surface area (Å²) in [6.07, 6.45) is 3.13. The number of fused-ring (bicyclic) bond motifs is 1. The number of pyridine rings is 1. The number of aryl methyl sites for hydroxylation is 1. The van der Waals surface area contributed by atoms with Gasteiger partial charge >= 0.3 is 6.09 Å². The van der Waals surface area contributed by atoms with E-state index in [4.69, 9.17) is 4.74 Å². The number of hydrogen-bond donors (Lipinski definition) is 1. The highest BCUT2D eigenvalue weighted by Crippen LogP contribution is 2.16. The maximum absolute atomic E-state index is 11.6. The Morgan fingerprint density at radius 2 is 2.17 bits per heavy atom. The minimum Gasteiger partial charge on any atom is -0.444 e. The number of anilines is 1. The average Bonchev–Trinajstić information content (AvgIpc) is 2.57. The van der Waals surface area contributed by atoms with Gasteiger partial charge in [-0.25, -0.2) is 9.31 Å². The maximum atomic E-state index is 11.6. The summed E-state index contributed by atoms with van der Waals surface area (Å²) in [5.41, 5.74) is 2.22. The zero-order valence-corrected chi connectivity index (χ0v) is 11.0. The van der Waals surface area contributed by atoms with E-state index in [1.54, 1.807) is 23.0 Å². The monoisotopic (exact) mass is 247 g/mol. The van der Waals surface area contributed by atoms with Crippen molar-refractivity contribution < 1.29 is 9.53 Å². The molecule has 5 nitrogen and oxygen atoms in total. The quantitative estimate of drug-likeness (QED) is 0.842. The van der Waals surface area contributed by atoms with Crippen LogP contribution in [0.3, 0.4) is 0 Å². The van der Waals surface area contributed by atoms with E-state index in [9.17, 15) is 4.79 Å². The summed E-state index contributed by atoms with van der Waals surface area (Å²) in [6.45, 7) is 7.46. The number of carbonyl (C=O) groups excluding carboxylic acids is 1. The van der Waals surface area contributed by atoms with Crippen LogP contribution in [0.1, 0.15) is 26.3 Å². The number of nitrogens with zero attached hydrogens (tertiary/aromatic N) is 2. The van der Waals surface area contributed by atoms with Crippen LogP contribution in [-0.4, -0.2) is 21.3 Å². The fraction of sp³-hybridized carbons (Fsp3) is 0.385. The van der Waals surface area contributed by atoms with Crippen molar-refractivity contribution in [2.45, 2.75) is 33.3 Å². The Kier molecular flexibility index (Phi) is 2.98. The van der Waals surface area contributed by atoms with Crippen molar-refractivity contribution in [3.8, 4) is 0 Å². The van der Waals surface area contributed by atoms with Crippen molar-refractivity contribution in [3.63, 3.8) is 0 Å². The molecule has 0 radical (unpaired) electrons. The Bertz CT molecular complexity index is 581. The molecule has 18 heavy (non-hydrogen) atoms. The second-order valence-corrected chi connectivity index (χ2v) is 5.20. The highest BCUT2D eigenvalue weighted by atomic mass is 16.6. The van der Waals surface area contributed by atoms with Crippen LogP contribution in [-0.2, 0) is 4.74 Å². The first-order valence-corrected chi connectivity index (χ1v) is 5.79. The molecule has 1 N–H and O–H groups in total. The normalized spacial score (nSPS) is 11.6. The zero-order chi connectivity index (χ0) is 13.3. The summed E-state index contributed by atoms with van der Waals surface area (Å²) >= 11 is 0. The highest BCUT2D eigenvalue weighted by molar-refractivity contribution is 5.85. The van der Waals surface area contributed by atoms with Crippen molar-refractivity contribution in [2.75, 3.05) is 5.32 Å². The van der Waals surface area contributed by atoms with Gasteiger partial charge < -0.3 is 4.74 Å². The van der Waals surface area contributed by atoms with Gasteiger partial charge in [-0.05, 0) is 45.4 Å². The molecule has 96 valence electrons. The van der Waals surface area contributed by atoms with Gasteiger partial charge in [0, 0.05) is 11.9 Å². The van der Waals surface area contributed by atoms with Crippen LogP contribution in [0.4, 0.5) is 10.5 Å². The van der Waals surface area contributed by atoms with Gasteiger partial charge in [-0.1, -0.05) is 0 Å². The predicted molar refractivity (Wildman–Crippen MR) is 69.8 cm³/mol. The molecule has 0 aliphatic heterocycles. The molecule has 0 bridgehead atoms. The molecule has 0 aromatic carbocycles. The summed E-state index contributed by atoms with van der Waals surface area (Å²) in [4.78, 5) is 11.6. The third-order valence-electron chi connectivity index (χ3n) is 2.36. The second kappa shape index (κ2) is 4.33. The minimum atomic E-state index is -0.499. The van der Waals surface area contributed by atoms with E-state index in [0.717, 1.165) is 11.1 Å². The summed E-state index contributed by atoms with van der Waals surface area (Å²) < 4.78 is 6.95. The molecule has 0 spiro atoms. The van der Waals surface area contributed by atoms with Gasteiger partial charge in [0.2, 0.25) is 0 Å². The third-order valence-corrected chi connectivity index (χ3v) is 2.36. The standard InChI is InChI=1S/C13H17N3O2/c1-9-8-14-16-6-5-10(7-11(9)16)15-12(17)18-13(2,3)4/h5-8H,1-4H3,(H,15,17). The molecule has 2 aromatic heterocycles. The lowest BCUT2D eigenvalue weighted by molar-refractivity contribution is 0.0636. The SMILES string of the molecule is Cc1cnn2ccc(NC(=O)OC(C)(C)C)cc12. The molecule has 5 heteroatoms. The molecule has 0 fully saturated rings. The Hall–Kier alpha value is -2.04. The Balaban J connectivity index is 2.17. The summed E-state index contributed by atoms with van der Waals surface area (Å²) in [5.74, 6) is 0. The van der Waals surface area contributed by atoms with E-state index in [2.05, 4.69) is 10.4 Å². The first-order chi connectivity index (χ1) is 8.35. The zero-order valence-electron chi connectivity index (χ0n) is 11.0. The number of ether oxygens (including phenoxy) is 1. The number of rotatable bonds is 1. The highest BCUT2D eigenvalue weighted by Gasteiger charge is 2.16. The lowest BCUT2D eigenvalue weighted by Gasteiger charge is -2.19. The van der Waals surface area contributed by atoms with Gasteiger partial charge in [0.05, 0.1) is 11.7 Å². The molecule has 2 aromatic rings.